The number of carbonyl (C=O) groups is 2. The standard InChI is InChI=1S/C19H19NO3S/c1-12-7-9-14(10-8-12)11-20-15-5-3-4-6-16(15)24-17(18(20)21)13(2)19(22)23/h3-10,13,17H,11H2,1-2H3,(H,22,23). The van der Waals surface area contributed by atoms with Gasteiger partial charge in [-0.05, 0) is 24.6 Å². The number of carboxylic acids is 1. The van der Waals surface area contributed by atoms with E-state index in [0.29, 0.717) is 6.54 Å². The summed E-state index contributed by atoms with van der Waals surface area (Å²) in [5, 5.41) is 8.71. The van der Waals surface area contributed by atoms with Crippen molar-refractivity contribution in [2.24, 2.45) is 5.92 Å². The Labute approximate surface area is 145 Å². The summed E-state index contributed by atoms with van der Waals surface area (Å²) >= 11 is 1.35. The molecule has 0 saturated carbocycles. The molecule has 2 aromatic rings. The minimum absolute atomic E-state index is 0.144. The average molecular weight is 341 g/mol. The first kappa shape index (κ1) is 16.6. The van der Waals surface area contributed by atoms with Gasteiger partial charge in [-0.3, -0.25) is 9.59 Å². The minimum atomic E-state index is -0.949. The van der Waals surface area contributed by atoms with Crippen molar-refractivity contribution < 1.29 is 14.7 Å². The molecule has 1 aliphatic rings. The zero-order chi connectivity index (χ0) is 17.3. The number of hydrogen-bond acceptors (Lipinski definition) is 3. The largest absolute Gasteiger partial charge is 0.481 e. The lowest BCUT2D eigenvalue weighted by Gasteiger charge is -2.35. The van der Waals surface area contributed by atoms with Crippen LogP contribution in [0.3, 0.4) is 0 Å². The number of thioether (sulfide) groups is 1. The van der Waals surface area contributed by atoms with Gasteiger partial charge >= 0.3 is 5.97 Å². The van der Waals surface area contributed by atoms with E-state index in [9.17, 15) is 14.7 Å². The van der Waals surface area contributed by atoms with Crippen LogP contribution in [0.15, 0.2) is 53.4 Å². The van der Waals surface area contributed by atoms with Gasteiger partial charge < -0.3 is 10.0 Å². The van der Waals surface area contributed by atoms with Gasteiger partial charge in [-0.15, -0.1) is 11.8 Å². The number of benzene rings is 2. The van der Waals surface area contributed by atoms with Gasteiger partial charge in [0, 0.05) is 4.90 Å². The molecule has 0 radical (unpaired) electrons. The maximum absolute atomic E-state index is 12.9. The summed E-state index contributed by atoms with van der Waals surface area (Å²) in [5.41, 5.74) is 3.04. The lowest BCUT2D eigenvalue weighted by Crippen LogP contribution is -2.44. The van der Waals surface area contributed by atoms with E-state index in [2.05, 4.69) is 0 Å². The first-order chi connectivity index (χ1) is 11.5. The highest BCUT2D eigenvalue weighted by molar-refractivity contribution is 8.01. The molecule has 5 heteroatoms. The molecule has 0 bridgehead atoms. The van der Waals surface area contributed by atoms with Crippen LogP contribution >= 0.6 is 11.8 Å². The average Bonchev–Trinajstić information content (AvgIpc) is 2.58. The summed E-state index contributed by atoms with van der Waals surface area (Å²) in [5.74, 6) is -1.83. The second-order valence-electron chi connectivity index (χ2n) is 6.04. The van der Waals surface area contributed by atoms with E-state index in [0.717, 1.165) is 21.7 Å². The first-order valence-corrected chi connectivity index (χ1v) is 8.71. The molecule has 4 nitrogen and oxygen atoms in total. The Bertz CT molecular complexity index is 772. The highest BCUT2D eigenvalue weighted by Crippen LogP contribution is 2.42. The molecule has 0 fully saturated rings. The summed E-state index contributed by atoms with van der Waals surface area (Å²) in [6.07, 6.45) is 0. The molecule has 24 heavy (non-hydrogen) atoms. The summed E-state index contributed by atoms with van der Waals surface area (Å²) in [4.78, 5) is 27.0. The Morgan fingerprint density at radius 3 is 2.54 bits per heavy atom. The van der Waals surface area contributed by atoms with E-state index >= 15 is 0 Å². The number of nitrogens with zero attached hydrogens (tertiary/aromatic N) is 1. The van der Waals surface area contributed by atoms with Gasteiger partial charge in [-0.2, -0.15) is 0 Å². The number of carbonyl (C=O) groups excluding carboxylic acids is 1. The van der Waals surface area contributed by atoms with Gasteiger partial charge in [0.2, 0.25) is 5.91 Å². The third kappa shape index (κ3) is 3.17. The van der Waals surface area contributed by atoms with E-state index in [1.165, 1.54) is 11.8 Å². The second kappa shape index (κ2) is 6.69. The Morgan fingerprint density at radius 1 is 1.21 bits per heavy atom. The van der Waals surface area contributed by atoms with E-state index in [1.54, 1.807) is 11.8 Å². The third-order valence-electron chi connectivity index (χ3n) is 4.22. The van der Waals surface area contributed by atoms with E-state index in [4.69, 9.17) is 0 Å². The van der Waals surface area contributed by atoms with Crippen LogP contribution < -0.4 is 4.90 Å². The fraction of sp³-hybridized carbons (Fsp3) is 0.263. The quantitative estimate of drug-likeness (QED) is 0.921. The topological polar surface area (TPSA) is 57.6 Å². The van der Waals surface area contributed by atoms with Crippen molar-refractivity contribution in [3.05, 3.63) is 59.7 Å². The Balaban J connectivity index is 1.97. The Hall–Kier alpha value is -2.27. The number of anilines is 1. The van der Waals surface area contributed by atoms with Crippen LogP contribution in [0.25, 0.3) is 0 Å². The highest BCUT2D eigenvalue weighted by Gasteiger charge is 2.39. The van der Waals surface area contributed by atoms with Crippen molar-refractivity contribution >= 4 is 29.3 Å². The molecule has 0 aromatic heterocycles. The SMILES string of the molecule is Cc1ccc(CN2C(=O)C(C(C)C(=O)O)Sc3ccccc32)cc1. The van der Waals surface area contributed by atoms with Crippen LogP contribution in [0, 0.1) is 12.8 Å². The lowest BCUT2D eigenvalue weighted by atomic mass is 10.0. The Morgan fingerprint density at radius 2 is 1.88 bits per heavy atom. The van der Waals surface area contributed by atoms with E-state index < -0.39 is 17.1 Å². The monoisotopic (exact) mass is 341 g/mol. The molecular weight excluding hydrogens is 322 g/mol. The molecule has 0 aliphatic carbocycles. The van der Waals surface area contributed by atoms with Crippen LogP contribution in [0.4, 0.5) is 5.69 Å². The third-order valence-corrected chi connectivity index (χ3v) is 5.69. The molecule has 1 amide bonds. The van der Waals surface area contributed by atoms with Crippen molar-refractivity contribution in [1.82, 2.24) is 0 Å². The summed E-state index contributed by atoms with van der Waals surface area (Å²) in [7, 11) is 0. The zero-order valence-corrected chi connectivity index (χ0v) is 14.4. The van der Waals surface area contributed by atoms with E-state index in [-0.39, 0.29) is 5.91 Å². The fourth-order valence-corrected chi connectivity index (χ4v) is 4.00. The fourth-order valence-electron chi connectivity index (χ4n) is 2.72. The number of hydrogen-bond donors (Lipinski definition) is 1. The van der Waals surface area contributed by atoms with Crippen molar-refractivity contribution in [2.75, 3.05) is 4.90 Å². The van der Waals surface area contributed by atoms with Gasteiger partial charge in [-0.25, -0.2) is 0 Å². The molecule has 0 saturated heterocycles. The predicted molar refractivity (Wildman–Crippen MR) is 95.3 cm³/mol. The van der Waals surface area contributed by atoms with Crippen LogP contribution in [-0.2, 0) is 16.1 Å². The van der Waals surface area contributed by atoms with Crippen molar-refractivity contribution in [3.8, 4) is 0 Å². The smallest absolute Gasteiger partial charge is 0.307 e. The molecule has 0 spiro atoms. The van der Waals surface area contributed by atoms with Crippen molar-refractivity contribution in [1.29, 1.82) is 0 Å². The summed E-state index contributed by atoms with van der Waals surface area (Å²) in [6, 6.07) is 15.7. The molecule has 3 rings (SSSR count). The number of aryl methyl sites for hydroxylation is 1. The summed E-state index contributed by atoms with van der Waals surface area (Å²) < 4.78 is 0. The maximum Gasteiger partial charge on any atom is 0.307 e. The number of rotatable bonds is 4. The highest BCUT2D eigenvalue weighted by atomic mass is 32.2. The molecule has 1 N–H and O–H groups in total. The normalized spacial score (nSPS) is 18.2. The molecule has 2 unspecified atom stereocenters. The van der Waals surface area contributed by atoms with Gasteiger partial charge in [0.15, 0.2) is 0 Å². The number of aliphatic carboxylic acids is 1. The number of fused-ring (bicyclic) bond motifs is 1. The summed E-state index contributed by atoms with van der Waals surface area (Å²) in [6.45, 7) is 4.06. The molecule has 2 atom stereocenters. The molecular formula is C19H19NO3S. The number of amides is 1. The van der Waals surface area contributed by atoms with Crippen molar-refractivity contribution in [3.63, 3.8) is 0 Å². The maximum atomic E-state index is 12.9. The van der Waals surface area contributed by atoms with Gasteiger partial charge in [0.05, 0.1) is 18.2 Å². The van der Waals surface area contributed by atoms with E-state index in [1.807, 2.05) is 55.5 Å². The minimum Gasteiger partial charge on any atom is -0.481 e. The second-order valence-corrected chi connectivity index (χ2v) is 7.23. The van der Waals surface area contributed by atoms with Crippen LogP contribution in [-0.4, -0.2) is 22.2 Å². The zero-order valence-electron chi connectivity index (χ0n) is 13.6. The predicted octanol–water partition coefficient (Wildman–Crippen LogP) is 3.72. The molecule has 1 aliphatic heterocycles. The number of para-hydroxylation sites is 1. The number of carboxylic acid groups (broad SMARTS) is 1. The van der Waals surface area contributed by atoms with Crippen LogP contribution in [0.2, 0.25) is 0 Å². The van der Waals surface area contributed by atoms with Crippen LogP contribution in [0.5, 0.6) is 0 Å². The first-order valence-electron chi connectivity index (χ1n) is 7.83. The lowest BCUT2D eigenvalue weighted by molar-refractivity contribution is -0.142. The van der Waals surface area contributed by atoms with Gasteiger partial charge in [0.25, 0.3) is 0 Å². The van der Waals surface area contributed by atoms with Gasteiger partial charge in [-0.1, -0.05) is 48.9 Å². The molecule has 124 valence electrons. The Kier molecular flexibility index (Phi) is 4.62. The molecule has 2 aromatic carbocycles. The van der Waals surface area contributed by atoms with Crippen molar-refractivity contribution in [2.45, 2.75) is 30.5 Å². The van der Waals surface area contributed by atoms with Gasteiger partial charge in [0.1, 0.15) is 5.25 Å². The molecule has 1 heterocycles. The van der Waals surface area contributed by atoms with Crippen LogP contribution in [0.1, 0.15) is 18.1 Å².